The average molecular weight is 372 g/mol. The Morgan fingerprint density at radius 2 is 1.32 bits per heavy atom. The van der Waals surface area contributed by atoms with E-state index in [2.05, 4.69) is 48.6 Å². The molecule has 100 valence electrons. The molecule has 2 aliphatic carbocycles. The van der Waals surface area contributed by atoms with Crippen LogP contribution in [0.25, 0.3) is 0 Å². The van der Waals surface area contributed by atoms with Crippen LogP contribution in [0.2, 0.25) is 0 Å². The Bertz CT molecular complexity index is 361. The molecule has 0 aromatic carbocycles. The van der Waals surface area contributed by atoms with E-state index in [0.717, 1.165) is 12.8 Å². The summed E-state index contributed by atoms with van der Waals surface area (Å²) >= 11 is -0.826. The second-order valence-corrected chi connectivity index (χ2v) is 7.28. The molecule has 19 heavy (non-hydrogen) atoms. The first-order chi connectivity index (χ1) is 9.28. The fourth-order valence-corrected chi connectivity index (χ4v) is 1.43. The fourth-order valence-electron chi connectivity index (χ4n) is 1.43. The van der Waals surface area contributed by atoms with Crippen LogP contribution in [0.3, 0.4) is 0 Å². The molecule has 0 atom stereocenters. The predicted octanol–water partition coefficient (Wildman–Crippen LogP) is 5.88. The van der Waals surface area contributed by atoms with Gasteiger partial charge in [-0.25, -0.2) is 0 Å². The summed E-state index contributed by atoms with van der Waals surface area (Å²) in [5.41, 5.74) is 2.43. The molecular weight excluding hydrogens is 354 g/mol. The van der Waals surface area contributed by atoms with Crippen LogP contribution in [0.15, 0.2) is 59.8 Å². The van der Waals surface area contributed by atoms with E-state index in [0.29, 0.717) is 0 Å². The summed E-state index contributed by atoms with van der Waals surface area (Å²) in [6.45, 7) is 4.03. The summed E-state index contributed by atoms with van der Waals surface area (Å²) in [7, 11) is 9.87. The Morgan fingerprint density at radius 1 is 0.947 bits per heavy atom. The van der Waals surface area contributed by atoms with Crippen molar-refractivity contribution in [1.29, 1.82) is 0 Å². The number of hydrogen-bond donors (Lipinski definition) is 0. The number of halogens is 2. The topological polar surface area (TPSA) is 0 Å². The predicted molar refractivity (Wildman–Crippen MR) is 82.4 cm³/mol. The van der Waals surface area contributed by atoms with Gasteiger partial charge in [-0.2, -0.15) is 47.6 Å². The van der Waals surface area contributed by atoms with Crippen LogP contribution in [0.4, 0.5) is 0 Å². The van der Waals surface area contributed by atoms with Crippen molar-refractivity contribution in [3.63, 3.8) is 0 Å². The third kappa shape index (κ3) is 11.4. The zero-order chi connectivity index (χ0) is 14.3. The van der Waals surface area contributed by atoms with Gasteiger partial charge in [-0.1, -0.05) is 26.7 Å². The number of allylic oxidation sites excluding steroid dienone is 12. The molecule has 0 N–H and O–H groups in total. The van der Waals surface area contributed by atoms with Crippen molar-refractivity contribution in [3.05, 3.63) is 71.9 Å². The van der Waals surface area contributed by atoms with Crippen LogP contribution in [0.5, 0.6) is 0 Å². The molecule has 0 saturated heterocycles. The molecule has 2 aliphatic rings. The van der Waals surface area contributed by atoms with E-state index in [1.54, 1.807) is 0 Å². The molecule has 3 heteroatoms. The van der Waals surface area contributed by atoms with Gasteiger partial charge < -0.3 is 0 Å². The first-order valence-corrected chi connectivity index (χ1v) is 12.4. The molecule has 2 rings (SSSR count). The van der Waals surface area contributed by atoms with E-state index >= 15 is 0 Å². The van der Waals surface area contributed by atoms with Crippen molar-refractivity contribution < 1.29 is 20.8 Å². The standard InChI is InChI=1S/2C8H9.2ClH.Zr/c2*1-2-5-8-6-3-4-7-8;;;/h2*2-3,5-6H,4H2,1H3;2*1H;/q2*-1;;;+4/p-2/b2*5-2-;;;. The number of rotatable bonds is 2. The maximum atomic E-state index is 4.93. The van der Waals surface area contributed by atoms with Crippen molar-refractivity contribution >= 4 is 17.0 Å². The monoisotopic (exact) mass is 370 g/mol. The molecule has 0 saturated carbocycles. The van der Waals surface area contributed by atoms with Crippen molar-refractivity contribution in [2.45, 2.75) is 26.7 Å². The molecule has 0 aliphatic heterocycles. The van der Waals surface area contributed by atoms with Crippen LogP contribution < -0.4 is 0 Å². The summed E-state index contributed by atoms with van der Waals surface area (Å²) < 4.78 is 0. The maximum absolute atomic E-state index is 4.93. The van der Waals surface area contributed by atoms with Crippen molar-refractivity contribution in [2.75, 3.05) is 0 Å². The van der Waals surface area contributed by atoms with E-state index in [4.69, 9.17) is 17.0 Å². The van der Waals surface area contributed by atoms with Gasteiger partial charge in [0.1, 0.15) is 0 Å². The quantitative estimate of drug-likeness (QED) is 0.531. The van der Waals surface area contributed by atoms with E-state index < -0.39 is 20.8 Å². The molecule has 0 bridgehead atoms. The van der Waals surface area contributed by atoms with Crippen molar-refractivity contribution in [2.24, 2.45) is 0 Å². The summed E-state index contributed by atoms with van der Waals surface area (Å²) in [4.78, 5) is 0. The molecule has 0 heterocycles. The van der Waals surface area contributed by atoms with Gasteiger partial charge >= 0.3 is 37.9 Å². The Hall–Kier alpha value is -0.0969. The molecule has 0 amide bonds. The van der Waals surface area contributed by atoms with Crippen LogP contribution in [-0.2, 0) is 20.8 Å². The molecular formula is C16H18Cl2Zr. The van der Waals surface area contributed by atoms with Gasteiger partial charge in [-0.3, -0.25) is 0 Å². The minimum atomic E-state index is -0.826. The zero-order valence-electron chi connectivity index (χ0n) is 11.3. The van der Waals surface area contributed by atoms with Crippen molar-refractivity contribution in [1.82, 2.24) is 0 Å². The van der Waals surface area contributed by atoms with Crippen LogP contribution >= 0.6 is 17.0 Å². The van der Waals surface area contributed by atoms with Crippen LogP contribution in [0, 0.1) is 12.2 Å². The SMILES string of the molecule is C/C=C\C1=[C-]CC=C1.C/C=C\C1=[C-]CC=C1.[Cl][Zr+2][Cl]. The second kappa shape index (κ2) is 14.3. The van der Waals surface area contributed by atoms with Gasteiger partial charge in [0.25, 0.3) is 0 Å². The molecule has 0 fully saturated rings. The first kappa shape index (κ1) is 18.9. The normalized spacial score (nSPS) is 15.6. The van der Waals surface area contributed by atoms with E-state index in [9.17, 15) is 0 Å². The Kier molecular flexibility index (Phi) is 14.2. The average Bonchev–Trinajstić information content (AvgIpc) is 3.05. The summed E-state index contributed by atoms with van der Waals surface area (Å²) in [6.07, 6.45) is 24.9. The van der Waals surface area contributed by atoms with Crippen molar-refractivity contribution in [3.8, 4) is 0 Å². The molecule has 0 unspecified atom stereocenters. The summed E-state index contributed by atoms with van der Waals surface area (Å²) in [5.74, 6) is 0. The zero-order valence-corrected chi connectivity index (χ0v) is 15.3. The van der Waals surface area contributed by atoms with Gasteiger partial charge in [0, 0.05) is 0 Å². The van der Waals surface area contributed by atoms with Gasteiger partial charge in [0.2, 0.25) is 0 Å². The number of hydrogen-bond acceptors (Lipinski definition) is 0. The van der Waals surface area contributed by atoms with Gasteiger partial charge in [-0.05, 0) is 0 Å². The molecule has 0 aromatic rings. The third-order valence-electron chi connectivity index (χ3n) is 2.14. The van der Waals surface area contributed by atoms with Crippen LogP contribution in [-0.4, -0.2) is 0 Å². The Morgan fingerprint density at radius 3 is 1.53 bits per heavy atom. The van der Waals surface area contributed by atoms with E-state index in [-0.39, 0.29) is 0 Å². The van der Waals surface area contributed by atoms with Crippen LogP contribution in [0.1, 0.15) is 26.7 Å². The Balaban J connectivity index is 0.000000284. The van der Waals surface area contributed by atoms with Gasteiger partial charge in [-0.15, -0.1) is 24.3 Å². The molecule has 0 aromatic heterocycles. The van der Waals surface area contributed by atoms with E-state index in [1.165, 1.54) is 11.1 Å². The second-order valence-electron chi connectivity index (χ2n) is 3.55. The van der Waals surface area contributed by atoms with Gasteiger partial charge in [0.05, 0.1) is 0 Å². The Labute approximate surface area is 135 Å². The fraction of sp³-hybridized carbons (Fsp3) is 0.250. The molecule has 0 spiro atoms. The van der Waals surface area contributed by atoms with Gasteiger partial charge in [0.15, 0.2) is 0 Å². The minimum absolute atomic E-state index is 0.826. The molecule has 0 nitrogen and oxygen atoms in total. The van der Waals surface area contributed by atoms with E-state index in [1.807, 2.05) is 26.0 Å². The third-order valence-corrected chi connectivity index (χ3v) is 2.14. The summed E-state index contributed by atoms with van der Waals surface area (Å²) in [5, 5.41) is 0. The first-order valence-electron chi connectivity index (χ1n) is 6.04. The summed E-state index contributed by atoms with van der Waals surface area (Å²) in [6, 6.07) is 0. The molecule has 0 radical (unpaired) electrons.